The number of nitrogens with zero attached hydrogens (tertiary/aromatic N) is 2. The number of thiophene rings is 4. The zero-order valence-electron chi connectivity index (χ0n) is 26.1. The maximum atomic E-state index is 14.7. The molecule has 0 aromatic carbocycles. The number of hydrogen-bond acceptors (Lipinski definition) is 10. The van der Waals surface area contributed by atoms with Crippen LogP contribution in [0.2, 0.25) is 0 Å². The molecule has 0 saturated heterocycles. The lowest BCUT2D eigenvalue weighted by Gasteiger charge is -2.28. The van der Waals surface area contributed by atoms with Crippen LogP contribution in [-0.2, 0) is 28.5 Å². The molecule has 2 amide bonds. The number of hydrogen-bond donors (Lipinski definition) is 0. The molecule has 0 fully saturated rings. The van der Waals surface area contributed by atoms with E-state index in [1.165, 1.54) is 0 Å². The second-order valence-electron chi connectivity index (χ2n) is 10.2. The van der Waals surface area contributed by atoms with Gasteiger partial charge in [0.2, 0.25) is 0 Å². The molecule has 46 heavy (non-hydrogen) atoms. The van der Waals surface area contributed by atoms with E-state index < -0.39 is 12.6 Å². The summed E-state index contributed by atoms with van der Waals surface area (Å²) in [5, 5.41) is 4.09. The third-order valence-corrected chi connectivity index (χ3v) is 11.8. The first-order valence-electron chi connectivity index (χ1n) is 15.4. The highest BCUT2D eigenvalue weighted by molar-refractivity contribution is 7.22. The van der Waals surface area contributed by atoms with Gasteiger partial charge in [0.05, 0.1) is 45.4 Å². The van der Waals surface area contributed by atoms with Crippen molar-refractivity contribution in [3.8, 4) is 19.5 Å². The fourth-order valence-electron chi connectivity index (χ4n) is 5.64. The van der Waals surface area contributed by atoms with E-state index in [-0.39, 0.29) is 24.9 Å². The first kappa shape index (κ1) is 33.0. The largest absolute Gasteiger partial charge is 0.351 e. The minimum absolute atomic E-state index is 0.154. The molecule has 242 valence electrons. The lowest BCUT2D eigenvalue weighted by Crippen LogP contribution is -2.39. The standard InChI is InChI=1S/C34H36N2O6S4/c1-5-39-27(40-6-2)19-35-31(25-15-13-23(45-25)21-11-9-17-43-21)29-30(33(35)37)32(26-16-14-24(46-26)22-12-10-18-44-22)36(34(29)38)20-28(41-7-3)42-8-4/h9-18,27-28H,5-8,19-20H2,1-4H3. The van der Waals surface area contributed by atoms with Crippen LogP contribution in [0.4, 0.5) is 0 Å². The predicted molar refractivity (Wildman–Crippen MR) is 187 cm³/mol. The molecular weight excluding hydrogens is 661 g/mol. The summed E-state index contributed by atoms with van der Waals surface area (Å²) in [6, 6.07) is 16.3. The van der Waals surface area contributed by atoms with Gasteiger partial charge in [-0.15, -0.1) is 45.3 Å². The quantitative estimate of drug-likeness (QED) is 0.111. The smallest absolute Gasteiger partial charge is 0.261 e. The third-order valence-electron chi connectivity index (χ3n) is 7.46. The van der Waals surface area contributed by atoms with Crippen molar-refractivity contribution in [3.05, 3.63) is 80.2 Å². The van der Waals surface area contributed by atoms with Crippen LogP contribution in [0.15, 0.2) is 70.4 Å². The number of carbonyl (C=O) groups excluding carboxylic acids is 2. The van der Waals surface area contributed by atoms with Gasteiger partial charge in [-0.05, 0) is 74.9 Å². The number of fused-ring (bicyclic) bond motifs is 1. The van der Waals surface area contributed by atoms with Gasteiger partial charge in [0.25, 0.3) is 11.8 Å². The van der Waals surface area contributed by atoms with Crippen LogP contribution in [0.25, 0.3) is 30.9 Å². The molecule has 6 rings (SSSR count). The Hall–Kier alpha value is -2.94. The molecule has 2 aliphatic rings. The van der Waals surface area contributed by atoms with Gasteiger partial charge >= 0.3 is 0 Å². The van der Waals surface area contributed by atoms with Gasteiger partial charge < -0.3 is 28.7 Å². The van der Waals surface area contributed by atoms with Crippen LogP contribution in [-0.4, -0.2) is 73.7 Å². The van der Waals surface area contributed by atoms with E-state index in [9.17, 15) is 9.59 Å². The summed E-state index contributed by atoms with van der Waals surface area (Å²) in [7, 11) is 0. The molecule has 6 heterocycles. The van der Waals surface area contributed by atoms with Gasteiger partial charge in [0, 0.05) is 45.9 Å². The van der Waals surface area contributed by atoms with Crippen molar-refractivity contribution in [3.63, 3.8) is 0 Å². The molecule has 8 nitrogen and oxygen atoms in total. The van der Waals surface area contributed by atoms with E-state index in [2.05, 4.69) is 24.3 Å². The Kier molecular flexibility index (Phi) is 10.7. The van der Waals surface area contributed by atoms with E-state index in [1.54, 1.807) is 55.1 Å². The Bertz CT molecular complexity index is 1580. The maximum absolute atomic E-state index is 14.7. The first-order valence-corrected chi connectivity index (χ1v) is 18.7. The third kappa shape index (κ3) is 6.45. The molecule has 0 spiro atoms. The number of ether oxygens (including phenoxy) is 4. The zero-order chi connectivity index (χ0) is 32.2. The summed E-state index contributed by atoms with van der Waals surface area (Å²) in [6.07, 6.45) is -1.29. The Morgan fingerprint density at radius 2 is 0.913 bits per heavy atom. The summed E-state index contributed by atoms with van der Waals surface area (Å²) >= 11 is 6.45. The summed E-state index contributed by atoms with van der Waals surface area (Å²) in [4.78, 5) is 38.8. The normalized spacial score (nSPS) is 15.2. The van der Waals surface area contributed by atoms with Gasteiger partial charge in [-0.3, -0.25) is 9.59 Å². The van der Waals surface area contributed by atoms with Gasteiger partial charge in [0.1, 0.15) is 0 Å². The molecule has 0 aliphatic carbocycles. The molecule has 0 radical (unpaired) electrons. The van der Waals surface area contributed by atoms with Crippen LogP contribution < -0.4 is 0 Å². The minimum atomic E-state index is -0.646. The van der Waals surface area contributed by atoms with Gasteiger partial charge in [-0.1, -0.05) is 12.1 Å². The molecular formula is C34H36N2O6S4. The average Bonchev–Trinajstić information content (AvgIpc) is 3.89. The van der Waals surface area contributed by atoms with Crippen LogP contribution >= 0.6 is 45.3 Å². The van der Waals surface area contributed by atoms with E-state index in [0.29, 0.717) is 49.0 Å². The number of amides is 2. The second kappa shape index (κ2) is 14.9. The highest BCUT2D eigenvalue weighted by atomic mass is 32.1. The van der Waals surface area contributed by atoms with Crippen molar-refractivity contribution in [2.75, 3.05) is 39.5 Å². The van der Waals surface area contributed by atoms with Crippen LogP contribution in [0, 0.1) is 0 Å². The Labute approximate surface area is 285 Å². The van der Waals surface area contributed by atoms with Gasteiger partial charge in [0.15, 0.2) is 12.6 Å². The van der Waals surface area contributed by atoms with Crippen molar-refractivity contribution in [2.45, 2.75) is 40.3 Å². The lowest BCUT2D eigenvalue weighted by molar-refractivity contribution is -0.151. The van der Waals surface area contributed by atoms with Crippen molar-refractivity contribution >= 4 is 68.6 Å². The lowest BCUT2D eigenvalue weighted by atomic mass is 10.1. The minimum Gasteiger partial charge on any atom is -0.351 e. The Morgan fingerprint density at radius 1 is 0.543 bits per heavy atom. The van der Waals surface area contributed by atoms with Crippen molar-refractivity contribution < 1.29 is 28.5 Å². The van der Waals surface area contributed by atoms with Gasteiger partial charge in [-0.2, -0.15) is 0 Å². The molecule has 4 aromatic heterocycles. The number of carbonyl (C=O) groups is 2. The molecule has 2 aliphatic heterocycles. The molecule has 0 N–H and O–H groups in total. The second-order valence-corrected chi connectivity index (χ2v) is 14.3. The molecule has 0 atom stereocenters. The van der Waals surface area contributed by atoms with E-state index >= 15 is 0 Å². The first-order chi connectivity index (χ1) is 22.5. The molecule has 12 heteroatoms. The Balaban J connectivity index is 1.52. The summed E-state index contributed by atoms with van der Waals surface area (Å²) in [5.41, 5.74) is 1.96. The van der Waals surface area contributed by atoms with Crippen LogP contribution in [0.3, 0.4) is 0 Å². The highest BCUT2D eigenvalue weighted by Crippen LogP contribution is 2.50. The van der Waals surface area contributed by atoms with E-state index in [0.717, 1.165) is 29.3 Å². The maximum Gasteiger partial charge on any atom is 0.261 e. The Morgan fingerprint density at radius 3 is 1.24 bits per heavy atom. The van der Waals surface area contributed by atoms with Crippen LogP contribution in [0.1, 0.15) is 37.4 Å². The van der Waals surface area contributed by atoms with Gasteiger partial charge in [-0.25, -0.2) is 0 Å². The molecule has 0 saturated carbocycles. The summed E-state index contributed by atoms with van der Waals surface area (Å²) in [6.45, 7) is 9.61. The van der Waals surface area contributed by atoms with Crippen molar-refractivity contribution in [1.29, 1.82) is 0 Å². The fraction of sp³-hybridized carbons (Fsp3) is 0.353. The molecule has 4 aromatic rings. The van der Waals surface area contributed by atoms with Crippen LogP contribution in [0.5, 0.6) is 0 Å². The zero-order valence-corrected chi connectivity index (χ0v) is 29.4. The highest BCUT2D eigenvalue weighted by Gasteiger charge is 2.50. The monoisotopic (exact) mass is 696 g/mol. The summed E-state index contributed by atoms with van der Waals surface area (Å²) < 4.78 is 23.6. The van der Waals surface area contributed by atoms with E-state index in [1.807, 2.05) is 62.7 Å². The van der Waals surface area contributed by atoms with Crippen molar-refractivity contribution in [1.82, 2.24) is 9.80 Å². The SMILES string of the molecule is CCOC(CN1C(=O)C2=C(c3ccc(-c4cccs4)s3)N(CC(OCC)OCC)C(=O)C2=C1c1ccc(-c2cccs2)s1)OCC. The topological polar surface area (TPSA) is 77.5 Å². The molecule has 0 bridgehead atoms. The number of rotatable bonds is 16. The average molecular weight is 697 g/mol. The predicted octanol–water partition coefficient (Wildman–Crippen LogP) is 7.87. The summed E-state index contributed by atoms with van der Waals surface area (Å²) in [5.74, 6) is -0.497. The molecule has 0 unspecified atom stereocenters. The fourth-order valence-corrected chi connectivity index (χ4v) is 9.44. The van der Waals surface area contributed by atoms with Crippen molar-refractivity contribution in [2.24, 2.45) is 0 Å². The van der Waals surface area contributed by atoms with E-state index in [4.69, 9.17) is 18.9 Å².